The number of nitrogens with two attached hydrogens (primary N) is 1. The zero-order valence-corrected chi connectivity index (χ0v) is 37.7. The van der Waals surface area contributed by atoms with E-state index in [0.29, 0.717) is 37.3 Å². The van der Waals surface area contributed by atoms with Gasteiger partial charge in [-0.3, -0.25) is 0 Å². The number of carbonyl (C=O) groups is 2. The maximum Gasteiger partial charge on any atom is 0.407 e. The van der Waals surface area contributed by atoms with Crippen LogP contribution in [0.2, 0.25) is 0 Å². The van der Waals surface area contributed by atoms with E-state index < -0.39 is 30.9 Å². The number of rotatable bonds is 11. The summed E-state index contributed by atoms with van der Waals surface area (Å²) in [6, 6.07) is 2.29. The Labute approximate surface area is 334 Å². The molecule has 3 rings (SSSR count). The molecule has 0 aromatic carbocycles. The summed E-state index contributed by atoms with van der Waals surface area (Å²) in [6.07, 6.45) is 14.2. The van der Waals surface area contributed by atoms with Crippen molar-refractivity contribution in [2.75, 3.05) is 58.2 Å². The SMILES string of the molecule is CN(CCS(C)(=O)=O)C1CCC(N)CC1.CN(CCS(C)(=O)=O)C1CCC(NC(=O)OC(C)(C)C)CC1.CNC1CCC(NC(=O)OC(C)(C)C)CC1.Cl. The van der Waals surface area contributed by atoms with Crippen molar-refractivity contribution in [1.82, 2.24) is 25.8 Å². The molecule has 3 saturated carbocycles. The van der Waals surface area contributed by atoms with Crippen LogP contribution in [0, 0.1) is 0 Å². The van der Waals surface area contributed by atoms with E-state index in [1.807, 2.05) is 62.7 Å². The monoisotopic (exact) mass is 832 g/mol. The van der Waals surface area contributed by atoms with Gasteiger partial charge in [-0.1, -0.05) is 0 Å². The Morgan fingerprint density at radius 3 is 1.20 bits per heavy atom. The third-order valence-corrected chi connectivity index (χ3v) is 11.7. The number of ether oxygens (including phenoxy) is 2. The number of hydrogen-bond acceptors (Lipinski definition) is 12. The average molecular weight is 834 g/mol. The maximum atomic E-state index is 11.7. The third kappa shape index (κ3) is 26.4. The zero-order valence-electron chi connectivity index (χ0n) is 35.2. The molecular formula is C37H77ClN6O8S2. The van der Waals surface area contributed by atoms with Crippen LogP contribution in [-0.4, -0.2) is 145 Å². The van der Waals surface area contributed by atoms with Crippen molar-refractivity contribution in [3.8, 4) is 0 Å². The summed E-state index contributed by atoms with van der Waals surface area (Å²) >= 11 is 0. The lowest BCUT2D eigenvalue weighted by molar-refractivity contribution is 0.0473. The van der Waals surface area contributed by atoms with Crippen LogP contribution >= 0.6 is 12.4 Å². The van der Waals surface area contributed by atoms with Crippen molar-refractivity contribution in [3.63, 3.8) is 0 Å². The number of alkyl carbamates (subject to hydrolysis) is 2. The molecule has 0 bridgehead atoms. The molecule has 0 spiro atoms. The van der Waals surface area contributed by atoms with E-state index in [0.717, 1.165) is 77.0 Å². The molecule has 3 aliphatic carbocycles. The molecule has 3 fully saturated rings. The molecule has 2 amide bonds. The molecule has 14 nitrogen and oxygen atoms in total. The van der Waals surface area contributed by atoms with Gasteiger partial charge < -0.3 is 41.0 Å². The largest absolute Gasteiger partial charge is 0.444 e. The van der Waals surface area contributed by atoms with E-state index in [2.05, 4.69) is 25.8 Å². The molecule has 0 heterocycles. The number of nitrogens with zero attached hydrogens (tertiary/aromatic N) is 2. The minimum Gasteiger partial charge on any atom is -0.444 e. The zero-order chi connectivity index (χ0) is 40.6. The van der Waals surface area contributed by atoms with E-state index in [-0.39, 0.29) is 48.2 Å². The van der Waals surface area contributed by atoms with Crippen LogP contribution in [0.15, 0.2) is 0 Å². The fraction of sp³-hybridized carbons (Fsp3) is 0.946. The van der Waals surface area contributed by atoms with E-state index in [1.165, 1.54) is 12.5 Å². The summed E-state index contributed by atoms with van der Waals surface area (Å²) in [5.74, 6) is 0.450. The lowest BCUT2D eigenvalue weighted by Crippen LogP contribution is -2.45. The summed E-state index contributed by atoms with van der Waals surface area (Å²) in [6.45, 7) is 12.4. The minimum absolute atomic E-state index is 0. The first-order chi connectivity index (χ1) is 24.2. The van der Waals surface area contributed by atoms with Gasteiger partial charge in [0.25, 0.3) is 0 Å². The molecule has 322 valence electrons. The normalized spacial score (nSPS) is 25.1. The lowest BCUT2D eigenvalue weighted by atomic mass is 9.90. The van der Waals surface area contributed by atoms with Gasteiger partial charge in [-0.25, -0.2) is 26.4 Å². The number of hydrogen-bond donors (Lipinski definition) is 4. The van der Waals surface area contributed by atoms with Gasteiger partial charge in [0, 0.05) is 61.9 Å². The smallest absolute Gasteiger partial charge is 0.407 e. The molecule has 0 aliphatic heterocycles. The second-order valence-corrected chi connectivity index (χ2v) is 21.9. The summed E-state index contributed by atoms with van der Waals surface area (Å²) in [5.41, 5.74) is 4.94. The molecule has 5 N–H and O–H groups in total. The highest BCUT2D eigenvalue weighted by atomic mass is 35.5. The molecule has 0 saturated heterocycles. The summed E-state index contributed by atoms with van der Waals surface area (Å²) in [4.78, 5) is 27.5. The average Bonchev–Trinajstić information content (AvgIpc) is 3.01. The fourth-order valence-electron chi connectivity index (χ4n) is 6.66. The van der Waals surface area contributed by atoms with Gasteiger partial charge in [0.2, 0.25) is 0 Å². The van der Waals surface area contributed by atoms with Gasteiger partial charge in [-0.15, -0.1) is 12.4 Å². The molecular weight excluding hydrogens is 756 g/mol. The Morgan fingerprint density at radius 1 is 0.611 bits per heavy atom. The number of amides is 2. The van der Waals surface area contributed by atoms with Gasteiger partial charge in [0.1, 0.15) is 30.9 Å². The highest BCUT2D eigenvalue weighted by Crippen LogP contribution is 2.24. The van der Waals surface area contributed by atoms with E-state index >= 15 is 0 Å². The first-order valence-electron chi connectivity index (χ1n) is 19.4. The Bertz CT molecular complexity index is 1290. The van der Waals surface area contributed by atoms with Crippen LogP contribution in [0.1, 0.15) is 119 Å². The number of nitrogens with one attached hydrogen (secondary N) is 3. The van der Waals surface area contributed by atoms with Crippen LogP contribution in [0.3, 0.4) is 0 Å². The highest BCUT2D eigenvalue weighted by Gasteiger charge is 2.28. The molecule has 54 heavy (non-hydrogen) atoms. The van der Waals surface area contributed by atoms with Gasteiger partial charge in [-0.2, -0.15) is 0 Å². The molecule has 0 atom stereocenters. The Hall–Kier alpha value is -1.43. The Morgan fingerprint density at radius 2 is 0.907 bits per heavy atom. The molecule has 17 heteroatoms. The maximum absolute atomic E-state index is 11.7. The van der Waals surface area contributed by atoms with E-state index in [9.17, 15) is 26.4 Å². The van der Waals surface area contributed by atoms with Crippen molar-refractivity contribution in [2.45, 2.75) is 166 Å². The highest BCUT2D eigenvalue weighted by molar-refractivity contribution is 7.90. The van der Waals surface area contributed by atoms with Gasteiger partial charge >= 0.3 is 12.2 Å². The van der Waals surface area contributed by atoms with Crippen LogP contribution in [0.5, 0.6) is 0 Å². The summed E-state index contributed by atoms with van der Waals surface area (Å²) < 4.78 is 55.0. The van der Waals surface area contributed by atoms with Crippen molar-refractivity contribution in [2.24, 2.45) is 5.73 Å². The topological polar surface area (TPSA) is 189 Å². The van der Waals surface area contributed by atoms with Crippen LogP contribution in [-0.2, 0) is 29.1 Å². The molecule has 0 aromatic heterocycles. The number of halogens is 1. The van der Waals surface area contributed by atoms with Crippen LogP contribution in [0.4, 0.5) is 9.59 Å². The predicted octanol–water partition coefficient (Wildman–Crippen LogP) is 4.49. The summed E-state index contributed by atoms with van der Waals surface area (Å²) in [7, 11) is 0.217. The van der Waals surface area contributed by atoms with Gasteiger partial charge in [0.15, 0.2) is 0 Å². The van der Waals surface area contributed by atoms with Crippen LogP contribution in [0.25, 0.3) is 0 Å². The predicted molar refractivity (Wildman–Crippen MR) is 222 cm³/mol. The first-order valence-corrected chi connectivity index (χ1v) is 23.5. The van der Waals surface area contributed by atoms with Crippen molar-refractivity contribution in [1.29, 1.82) is 0 Å². The van der Waals surface area contributed by atoms with E-state index in [4.69, 9.17) is 15.2 Å². The molecule has 0 radical (unpaired) electrons. The number of carbonyl (C=O) groups excluding carboxylic acids is 2. The third-order valence-electron chi connectivity index (χ3n) is 9.89. The quantitative estimate of drug-likeness (QED) is 0.229. The Balaban J connectivity index is 0.000000791. The molecule has 0 unspecified atom stereocenters. The standard InChI is InChI=1S/C15H30N2O4S.C12H24N2O2.C10H22N2O2S.ClH/c1-15(2,3)21-14(18)16-12-6-8-13(9-7-12)17(4)10-11-22(5,19)20;1-12(2,3)16-11(15)14-10-7-5-9(13-4)6-8-10;1-12(7-8-15(2,13)14)10-5-3-9(11)4-6-10;/h12-13H,6-11H2,1-5H3,(H,16,18);9-10,13H,5-8H2,1-4H3,(H,14,15);9-10H,3-8,11H2,1-2H3;1H. The minimum atomic E-state index is -2.92. The Kier molecular flexibility index (Phi) is 23.7. The van der Waals surface area contributed by atoms with Gasteiger partial charge in [0.05, 0.1) is 11.5 Å². The van der Waals surface area contributed by atoms with Crippen LogP contribution < -0.4 is 21.7 Å². The molecule has 3 aliphatic rings. The van der Waals surface area contributed by atoms with E-state index in [1.54, 1.807) is 0 Å². The first kappa shape index (κ1) is 52.6. The second kappa shape index (κ2) is 24.4. The lowest BCUT2D eigenvalue weighted by Gasteiger charge is -2.35. The van der Waals surface area contributed by atoms with Gasteiger partial charge in [-0.05, 0) is 140 Å². The fourth-order valence-corrected chi connectivity index (χ4v) is 7.90. The second-order valence-electron chi connectivity index (χ2n) is 17.4. The van der Waals surface area contributed by atoms with Crippen molar-refractivity contribution >= 4 is 44.3 Å². The molecule has 0 aromatic rings. The van der Waals surface area contributed by atoms with Crippen molar-refractivity contribution in [3.05, 3.63) is 0 Å². The number of sulfone groups is 2. The van der Waals surface area contributed by atoms with Crippen molar-refractivity contribution < 1.29 is 35.9 Å². The summed E-state index contributed by atoms with van der Waals surface area (Å²) in [5, 5.41) is 9.12.